The normalized spacial score (nSPS) is 11.4. The van der Waals surface area contributed by atoms with Crippen molar-refractivity contribution in [3.05, 3.63) is 53.7 Å². The van der Waals surface area contributed by atoms with Crippen molar-refractivity contribution < 1.29 is 8.42 Å². The Morgan fingerprint density at radius 3 is 2.74 bits per heavy atom. The number of pyridine rings is 1. The molecule has 23 heavy (non-hydrogen) atoms. The predicted molar refractivity (Wildman–Crippen MR) is 91.2 cm³/mol. The van der Waals surface area contributed by atoms with Gasteiger partial charge in [0.25, 0.3) is 0 Å². The Hall–Kier alpha value is -2.29. The van der Waals surface area contributed by atoms with E-state index in [0.29, 0.717) is 10.8 Å². The molecule has 0 aliphatic heterocycles. The van der Waals surface area contributed by atoms with Crippen molar-refractivity contribution in [2.24, 2.45) is 5.14 Å². The second-order valence-electron chi connectivity index (χ2n) is 4.89. The van der Waals surface area contributed by atoms with Gasteiger partial charge in [0, 0.05) is 22.8 Å². The lowest BCUT2D eigenvalue weighted by Gasteiger charge is -2.07. The van der Waals surface area contributed by atoms with Crippen LogP contribution in [-0.4, -0.2) is 18.4 Å². The van der Waals surface area contributed by atoms with Gasteiger partial charge in [-0.3, -0.25) is 4.98 Å². The zero-order valence-electron chi connectivity index (χ0n) is 12.2. The molecule has 0 fully saturated rings. The van der Waals surface area contributed by atoms with Crippen molar-refractivity contribution in [1.82, 2.24) is 9.97 Å². The molecule has 0 saturated heterocycles. The number of nitrogens with one attached hydrogen (secondary N) is 1. The van der Waals surface area contributed by atoms with Crippen LogP contribution in [0, 0.1) is 6.92 Å². The van der Waals surface area contributed by atoms with Crippen LogP contribution in [0.5, 0.6) is 0 Å². The number of nitrogens with two attached hydrogens (primary N) is 1. The molecular weight excluding hydrogens is 332 g/mol. The summed E-state index contributed by atoms with van der Waals surface area (Å²) in [7, 11) is -3.80. The molecular formula is C15H14N4O2S2. The van der Waals surface area contributed by atoms with Crippen LogP contribution in [0.3, 0.4) is 0 Å². The molecule has 3 N–H and O–H groups in total. The molecule has 0 amide bonds. The van der Waals surface area contributed by atoms with E-state index in [1.54, 1.807) is 24.4 Å². The third-order valence-electron chi connectivity index (χ3n) is 3.13. The molecule has 1 aromatic carbocycles. The molecule has 3 rings (SSSR count). The summed E-state index contributed by atoms with van der Waals surface area (Å²) < 4.78 is 23.2. The number of aromatic nitrogens is 2. The fraction of sp³-hybridized carbons (Fsp3) is 0.0667. The van der Waals surface area contributed by atoms with Crippen molar-refractivity contribution in [3.8, 4) is 11.3 Å². The van der Waals surface area contributed by atoms with Gasteiger partial charge in [-0.2, -0.15) is 0 Å². The summed E-state index contributed by atoms with van der Waals surface area (Å²) in [6.45, 7) is 1.91. The molecule has 6 nitrogen and oxygen atoms in total. The zero-order chi connectivity index (χ0) is 16.4. The van der Waals surface area contributed by atoms with Gasteiger partial charge in [-0.1, -0.05) is 12.1 Å². The van der Waals surface area contributed by atoms with Crippen LogP contribution in [0.4, 0.5) is 10.8 Å². The first-order valence-corrected chi connectivity index (χ1v) is 9.13. The van der Waals surface area contributed by atoms with E-state index >= 15 is 0 Å². The standard InChI is InChI=1S/C15H14N4O2S2/c1-10-8-11(6-7-17-10)13-9-22-15(19-13)18-12-4-2-3-5-14(12)23(16,20)21/h2-9H,1H3,(H,18,19)(H2,16,20,21). The molecule has 0 atom stereocenters. The van der Waals surface area contributed by atoms with Crippen LogP contribution in [-0.2, 0) is 10.0 Å². The quantitative estimate of drug-likeness (QED) is 0.757. The first kappa shape index (κ1) is 15.6. The topological polar surface area (TPSA) is 98.0 Å². The highest BCUT2D eigenvalue weighted by atomic mass is 32.2. The van der Waals surface area contributed by atoms with E-state index in [1.165, 1.54) is 17.4 Å². The van der Waals surface area contributed by atoms with Gasteiger partial charge in [0.05, 0.1) is 11.4 Å². The summed E-state index contributed by atoms with van der Waals surface area (Å²) in [5.74, 6) is 0. The second-order valence-corrected chi connectivity index (χ2v) is 7.28. The van der Waals surface area contributed by atoms with Crippen LogP contribution in [0.25, 0.3) is 11.3 Å². The Morgan fingerprint density at radius 1 is 1.22 bits per heavy atom. The number of primary sulfonamides is 1. The number of hydrogen-bond donors (Lipinski definition) is 2. The first-order chi connectivity index (χ1) is 10.9. The fourth-order valence-electron chi connectivity index (χ4n) is 2.10. The molecule has 0 saturated carbocycles. The minimum absolute atomic E-state index is 0.0384. The number of nitrogens with zero attached hydrogens (tertiary/aromatic N) is 2. The third kappa shape index (κ3) is 3.55. The zero-order valence-corrected chi connectivity index (χ0v) is 13.9. The molecule has 0 radical (unpaired) electrons. The van der Waals surface area contributed by atoms with Gasteiger partial charge >= 0.3 is 0 Å². The third-order valence-corrected chi connectivity index (χ3v) is 4.86. The van der Waals surface area contributed by atoms with Crippen LogP contribution < -0.4 is 10.5 Å². The number of aryl methyl sites for hydroxylation is 1. The van der Waals surface area contributed by atoms with Crippen molar-refractivity contribution in [3.63, 3.8) is 0 Å². The van der Waals surface area contributed by atoms with E-state index in [2.05, 4.69) is 15.3 Å². The molecule has 0 bridgehead atoms. The molecule has 0 aliphatic rings. The van der Waals surface area contributed by atoms with Gasteiger partial charge in [-0.05, 0) is 31.2 Å². The monoisotopic (exact) mass is 346 g/mol. The van der Waals surface area contributed by atoms with Gasteiger partial charge in [-0.15, -0.1) is 11.3 Å². The molecule has 8 heteroatoms. The van der Waals surface area contributed by atoms with Gasteiger partial charge in [0.1, 0.15) is 4.90 Å². The van der Waals surface area contributed by atoms with E-state index in [0.717, 1.165) is 17.0 Å². The van der Waals surface area contributed by atoms with Gasteiger partial charge in [-0.25, -0.2) is 18.5 Å². The summed E-state index contributed by atoms with van der Waals surface area (Å²) in [4.78, 5) is 8.68. The van der Waals surface area contributed by atoms with Crippen molar-refractivity contribution in [2.45, 2.75) is 11.8 Å². The van der Waals surface area contributed by atoms with Crippen LogP contribution >= 0.6 is 11.3 Å². The summed E-state index contributed by atoms with van der Waals surface area (Å²) in [5.41, 5.74) is 3.07. The maximum Gasteiger partial charge on any atom is 0.240 e. The van der Waals surface area contributed by atoms with Gasteiger partial charge in [0.15, 0.2) is 5.13 Å². The summed E-state index contributed by atoms with van der Waals surface area (Å²) >= 11 is 1.39. The molecule has 0 unspecified atom stereocenters. The van der Waals surface area contributed by atoms with Crippen molar-refractivity contribution in [1.29, 1.82) is 0 Å². The van der Waals surface area contributed by atoms with Gasteiger partial charge in [0.2, 0.25) is 10.0 Å². The van der Waals surface area contributed by atoms with E-state index in [4.69, 9.17) is 5.14 Å². The van der Waals surface area contributed by atoms with E-state index in [9.17, 15) is 8.42 Å². The minimum Gasteiger partial charge on any atom is -0.330 e. The highest BCUT2D eigenvalue weighted by molar-refractivity contribution is 7.89. The smallest absolute Gasteiger partial charge is 0.240 e. The number of benzene rings is 1. The van der Waals surface area contributed by atoms with E-state index in [1.807, 2.05) is 24.4 Å². The second kappa shape index (κ2) is 6.07. The lowest BCUT2D eigenvalue weighted by atomic mass is 10.2. The molecule has 2 aromatic heterocycles. The lowest BCUT2D eigenvalue weighted by molar-refractivity contribution is 0.598. The van der Waals surface area contributed by atoms with Crippen molar-refractivity contribution >= 4 is 32.2 Å². The molecule has 3 aromatic rings. The number of anilines is 2. The molecule has 118 valence electrons. The fourth-order valence-corrected chi connectivity index (χ4v) is 3.53. The average molecular weight is 346 g/mol. The average Bonchev–Trinajstić information content (AvgIpc) is 2.95. The SMILES string of the molecule is Cc1cc(-c2csc(Nc3ccccc3S(N)(=O)=O)n2)ccn1. The Balaban J connectivity index is 1.92. The first-order valence-electron chi connectivity index (χ1n) is 6.71. The summed E-state index contributed by atoms with van der Waals surface area (Å²) in [5, 5.41) is 10.7. The Bertz CT molecular complexity index is 951. The van der Waals surface area contributed by atoms with E-state index in [-0.39, 0.29) is 4.90 Å². The highest BCUT2D eigenvalue weighted by Gasteiger charge is 2.14. The van der Waals surface area contributed by atoms with Crippen LogP contribution in [0.15, 0.2) is 52.9 Å². The predicted octanol–water partition coefficient (Wildman–Crippen LogP) is 2.90. The van der Waals surface area contributed by atoms with Gasteiger partial charge < -0.3 is 5.32 Å². The van der Waals surface area contributed by atoms with Crippen LogP contribution in [0.1, 0.15) is 5.69 Å². The maximum absolute atomic E-state index is 11.6. The number of sulfonamides is 1. The largest absolute Gasteiger partial charge is 0.330 e. The lowest BCUT2D eigenvalue weighted by Crippen LogP contribution is -2.13. The Labute approximate surface area is 138 Å². The van der Waals surface area contributed by atoms with E-state index < -0.39 is 10.0 Å². The number of para-hydroxylation sites is 1. The number of thiazole rings is 1. The van der Waals surface area contributed by atoms with Crippen LogP contribution in [0.2, 0.25) is 0 Å². The summed E-state index contributed by atoms with van der Waals surface area (Å²) in [6.07, 6.45) is 1.73. The highest BCUT2D eigenvalue weighted by Crippen LogP contribution is 2.29. The Kier molecular flexibility index (Phi) is 4.12. The molecule has 0 aliphatic carbocycles. The molecule has 2 heterocycles. The van der Waals surface area contributed by atoms with Crippen molar-refractivity contribution in [2.75, 3.05) is 5.32 Å². The summed E-state index contributed by atoms with van der Waals surface area (Å²) in [6, 6.07) is 10.3. The Morgan fingerprint density at radius 2 is 2.00 bits per heavy atom. The maximum atomic E-state index is 11.6. The number of hydrogen-bond acceptors (Lipinski definition) is 6. The molecule has 0 spiro atoms. The minimum atomic E-state index is -3.80. The number of rotatable bonds is 4.